The Bertz CT molecular complexity index is 603. The summed E-state index contributed by atoms with van der Waals surface area (Å²) in [5.41, 5.74) is 0. The van der Waals surface area contributed by atoms with Gasteiger partial charge in [0, 0.05) is 39.1 Å². The molecule has 1 N–H and O–H groups in total. The van der Waals surface area contributed by atoms with Crippen molar-refractivity contribution in [2.24, 2.45) is 4.99 Å². The fourth-order valence-electron chi connectivity index (χ4n) is 3.49. The van der Waals surface area contributed by atoms with Gasteiger partial charge in [-0.3, -0.25) is 9.79 Å². The Morgan fingerprint density at radius 3 is 2.63 bits per heavy atom. The van der Waals surface area contributed by atoms with E-state index in [4.69, 9.17) is 4.99 Å². The number of aliphatic imine (C=N–C) groups is 1. The summed E-state index contributed by atoms with van der Waals surface area (Å²) in [5, 5.41) is 11.7. The minimum atomic E-state index is 0.135. The highest BCUT2D eigenvalue weighted by atomic mass is 16.2. The van der Waals surface area contributed by atoms with Crippen LogP contribution in [0.2, 0.25) is 0 Å². The van der Waals surface area contributed by atoms with Crippen LogP contribution in [0.4, 0.5) is 0 Å². The number of guanidine groups is 1. The molecule has 152 valence electrons. The van der Waals surface area contributed by atoms with Crippen molar-refractivity contribution in [3.63, 3.8) is 0 Å². The zero-order valence-electron chi connectivity index (χ0n) is 17.3. The molecule has 0 atom stereocenters. The molecule has 0 aromatic carbocycles. The number of amides is 1. The molecule has 1 heterocycles. The molecule has 1 aliphatic carbocycles. The number of hydrogen-bond donors (Lipinski definition) is 1. The topological polar surface area (TPSA) is 78.6 Å². The average molecular weight is 378 g/mol. The van der Waals surface area contributed by atoms with Gasteiger partial charge in [0.05, 0.1) is 13.1 Å². The van der Waals surface area contributed by atoms with Crippen LogP contribution in [0.5, 0.6) is 0 Å². The maximum absolute atomic E-state index is 12.5. The number of hydrogen-bond acceptors (Lipinski definition) is 4. The molecule has 1 aromatic rings. The molecule has 1 saturated carbocycles. The summed E-state index contributed by atoms with van der Waals surface area (Å²) in [5.74, 6) is 1.92. The number of rotatable bonds is 9. The van der Waals surface area contributed by atoms with Gasteiger partial charge in [-0.05, 0) is 26.7 Å². The Morgan fingerprint density at radius 1 is 1.30 bits per heavy atom. The van der Waals surface area contributed by atoms with Gasteiger partial charge in [-0.2, -0.15) is 0 Å². The van der Waals surface area contributed by atoms with Crippen molar-refractivity contribution >= 4 is 11.9 Å². The van der Waals surface area contributed by atoms with E-state index >= 15 is 0 Å². The standard InChI is InChI=1S/C19H35N7O/c1-5-17-23-21-15-26(17)13-12-20-19(22-16-10-8-9-11-16)24(4)14-18(27)25(6-2)7-3/h15-16H,5-14H2,1-4H3,(H,20,22). The Labute approximate surface area is 163 Å². The molecule has 0 unspecified atom stereocenters. The van der Waals surface area contributed by atoms with Crippen molar-refractivity contribution in [3.05, 3.63) is 12.2 Å². The van der Waals surface area contributed by atoms with Gasteiger partial charge in [0.25, 0.3) is 0 Å². The van der Waals surface area contributed by atoms with Gasteiger partial charge in [0.1, 0.15) is 12.2 Å². The molecule has 0 aliphatic heterocycles. The number of carbonyl (C=O) groups is 1. The molecule has 1 aliphatic rings. The van der Waals surface area contributed by atoms with Gasteiger partial charge in [-0.15, -0.1) is 10.2 Å². The maximum Gasteiger partial charge on any atom is 0.242 e. The molecule has 0 saturated heterocycles. The third-order valence-electron chi connectivity index (χ3n) is 5.15. The normalized spacial score (nSPS) is 15.2. The monoisotopic (exact) mass is 377 g/mol. The van der Waals surface area contributed by atoms with Crippen molar-refractivity contribution in [1.82, 2.24) is 29.9 Å². The highest BCUT2D eigenvalue weighted by molar-refractivity contribution is 5.86. The average Bonchev–Trinajstić information content (AvgIpc) is 3.33. The van der Waals surface area contributed by atoms with Gasteiger partial charge < -0.3 is 19.7 Å². The van der Waals surface area contributed by atoms with Crippen molar-refractivity contribution in [2.75, 3.05) is 33.2 Å². The molecule has 1 fully saturated rings. The molecule has 8 nitrogen and oxygen atoms in total. The van der Waals surface area contributed by atoms with Crippen LogP contribution in [-0.4, -0.2) is 75.7 Å². The zero-order valence-corrected chi connectivity index (χ0v) is 17.3. The number of aromatic nitrogens is 3. The molecule has 27 heavy (non-hydrogen) atoms. The molecular formula is C19H35N7O. The predicted octanol–water partition coefficient (Wildman–Crippen LogP) is 1.53. The van der Waals surface area contributed by atoms with Crippen molar-refractivity contribution in [3.8, 4) is 0 Å². The SMILES string of the molecule is CCc1nncn1CCN=C(NC1CCCC1)N(C)CC(=O)N(CC)CC. The first-order valence-corrected chi connectivity index (χ1v) is 10.3. The van der Waals surface area contributed by atoms with Crippen LogP contribution in [-0.2, 0) is 17.8 Å². The fraction of sp³-hybridized carbons (Fsp3) is 0.789. The van der Waals surface area contributed by atoms with Crippen molar-refractivity contribution in [1.29, 1.82) is 0 Å². The van der Waals surface area contributed by atoms with Crippen LogP contribution in [0, 0.1) is 0 Å². The highest BCUT2D eigenvalue weighted by Crippen LogP contribution is 2.17. The first-order chi connectivity index (χ1) is 13.1. The number of likely N-dealkylation sites (N-methyl/N-ethyl adjacent to an activating group) is 2. The van der Waals surface area contributed by atoms with Gasteiger partial charge >= 0.3 is 0 Å². The first kappa shape index (κ1) is 21.2. The van der Waals surface area contributed by atoms with E-state index in [2.05, 4.69) is 22.4 Å². The smallest absolute Gasteiger partial charge is 0.242 e. The Kier molecular flexibility index (Phi) is 8.54. The van der Waals surface area contributed by atoms with Gasteiger partial charge in [-0.25, -0.2) is 0 Å². The second kappa shape index (κ2) is 10.9. The van der Waals surface area contributed by atoms with Crippen LogP contribution in [0.25, 0.3) is 0 Å². The third-order valence-corrected chi connectivity index (χ3v) is 5.15. The maximum atomic E-state index is 12.5. The molecule has 1 aromatic heterocycles. The van der Waals surface area contributed by atoms with Crippen LogP contribution in [0.15, 0.2) is 11.3 Å². The number of carbonyl (C=O) groups excluding carboxylic acids is 1. The summed E-state index contributed by atoms with van der Waals surface area (Å²) in [6, 6.07) is 0.455. The largest absolute Gasteiger partial charge is 0.354 e. The second-order valence-corrected chi connectivity index (χ2v) is 7.05. The van der Waals surface area contributed by atoms with E-state index in [1.54, 1.807) is 6.33 Å². The fourth-order valence-corrected chi connectivity index (χ4v) is 3.49. The van der Waals surface area contributed by atoms with Crippen LogP contribution in [0.1, 0.15) is 52.3 Å². The quantitative estimate of drug-likeness (QED) is 0.522. The lowest BCUT2D eigenvalue weighted by Gasteiger charge is -2.27. The van der Waals surface area contributed by atoms with E-state index in [1.807, 2.05) is 35.3 Å². The van der Waals surface area contributed by atoms with Gasteiger partial charge in [-0.1, -0.05) is 19.8 Å². The van der Waals surface area contributed by atoms with E-state index in [0.29, 0.717) is 19.1 Å². The minimum Gasteiger partial charge on any atom is -0.354 e. The number of nitrogens with one attached hydrogen (secondary N) is 1. The summed E-state index contributed by atoms with van der Waals surface area (Å²) in [4.78, 5) is 21.1. The van der Waals surface area contributed by atoms with Crippen LogP contribution in [0.3, 0.4) is 0 Å². The summed E-state index contributed by atoms with van der Waals surface area (Å²) >= 11 is 0. The van der Waals surface area contributed by atoms with Crippen molar-refractivity contribution < 1.29 is 4.79 Å². The summed E-state index contributed by atoms with van der Waals surface area (Å²) in [7, 11) is 1.94. The van der Waals surface area contributed by atoms with Crippen LogP contribution >= 0.6 is 0 Å². The molecule has 0 radical (unpaired) electrons. The number of nitrogens with zero attached hydrogens (tertiary/aromatic N) is 6. The van der Waals surface area contributed by atoms with Crippen LogP contribution < -0.4 is 5.32 Å². The summed E-state index contributed by atoms with van der Waals surface area (Å²) in [6.07, 6.45) is 7.47. The molecule has 1 amide bonds. The highest BCUT2D eigenvalue weighted by Gasteiger charge is 2.20. The molecular weight excluding hydrogens is 342 g/mol. The third kappa shape index (κ3) is 6.22. The van der Waals surface area contributed by atoms with E-state index in [1.165, 1.54) is 25.7 Å². The zero-order chi connectivity index (χ0) is 19.6. The molecule has 0 bridgehead atoms. The minimum absolute atomic E-state index is 0.135. The van der Waals surface area contributed by atoms with E-state index in [-0.39, 0.29) is 5.91 Å². The second-order valence-electron chi connectivity index (χ2n) is 7.05. The predicted molar refractivity (Wildman–Crippen MR) is 108 cm³/mol. The molecule has 0 spiro atoms. The lowest BCUT2D eigenvalue weighted by molar-refractivity contribution is -0.131. The van der Waals surface area contributed by atoms with E-state index in [0.717, 1.165) is 37.8 Å². The first-order valence-electron chi connectivity index (χ1n) is 10.3. The Hall–Kier alpha value is -2.12. The lowest BCUT2D eigenvalue weighted by atomic mass is 10.2. The molecule has 8 heteroatoms. The Morgan fingerprint density at radius 2 is 2.00 bits per heavy atom. The lowest BCUT2D eigenvalue weighted by Crippen LogP contribution is -2.48. The van der Waals surface area contributed by atoms with Gasteiger partial charge in [0.15, 0.2) is 5.96 Å². The van der Waals surface area contributed by atoms with E-state index < -0.39 is 0 Å². The van der Waals surface area contributed by atoms with Gasteiger partial charge in [0.2, 0.25) is 5.91 Å². The molecule has 2 rings (SSSR count). The Balaban J connectivity index is 2.01. The van der Waals surface area contributed by atoms with E-state index in [9.17, 15) is 4.79 Å². The van der Waals surface area contributed by atoms with Crippen molar-refractivity contribution in [2.45, 2.75) is 65.5 Å². The summed E-state index contributed by atoms with van der Waals surface area (Å²) in [6.45, 7) is 9.28. The number of aryl methyl sites for hydroxylation is 1. The summed E-state index contributed by atoms with van der Waals surface area (Å²) < 4.78 is 2.04.